The van der Waals surface area contributed by atoms with Gasteiger partial charge in [0, 0.05) is 11.4 Å². The summed E-state index contributed by atoms with van der Waals surface area (Å²) >= 11 is 6.67. The fraction of sp³-hybridized carbons (Fsp3) is 0.308. The molecule has 0 radical (unpaired) electrons. The zero-order valence-corrected chi connectivity index (χ0v) is 12.9. The van der Waals surface area contributed by atoms with Gasteiger partial charge >= 0.3 is 0 Å². The first-order chi connectivity index (χ1) is 8.75. The number of carbonyl (C=O) groups excluding carboxylic acids is 1. The van der Waals surface area contributed by atoms with Gasteiger partial charge in [-0.25, -0.2) is 0 Å². The number of amides is 1. The van der Waals surface area contributed by atoms with Crippen LogP contribution in [0.2, 0.25) is 0 Å². The highest BCUT2D eigenvalue weighted by Crippen LogP contribution is 2.36. The smallest absolute Gasteiger partial charge is 0.264 e. The van der Waals surface area contributed by atoms with Crippen molar-refractivity contribution in [1.29, 1.82) is 0 Å². The molecule has 94 valence electrons. The first-order valence-electron chi connectivity index (χ1n) is 5.85. The van der Waals surface area contributed by atoms with Crippen molar-refractivity contribution in [3.63, 3.8) is 0 Å². The zero-order chi connectivity index (χ0) is 12.5. The number of carbonyl (C=O) groups is 1. The van der Waals surface area contributed by atoms with Crippen molar-refractivity contribution in [2.24, 2.45) is 0 Å². The molecule has 1 amide bonds. The number of likely N-dealkylation sites (tertiary alicyclic amines) is 1. The normalized spacial score (nSPS) is 19.4. The van der Waals surface area contributed by atoms with Crippen LogP contribution in [-0.4, -0.2) is 17.4 Å². The van der Waals surface area contributed by atoms with Crippen LogP contribution in [0.5, 0.6) is 0 Å². The lowest BCUT2D eigenvalue weighted by atomic mass is 10.2. The lowest BCUT2D eigenvalue weighted by Gasteiger charge is -2.23. The van der Waals surface area contributed by atoms with Gasteiger partial charge in [0.05, 0.1) is 14.7 Å². The Labute approximate surface area is 122 Å². The van der Waals surface area contributed by atoms with E-state index in [9.17, 15) is 4.79 Å². The van der Waals surface area contributed by atoms with Gasteiger partial charge in [-0.15, -0.1) is 22.7 Å². The minimum Gasteiger partial charge on any atom is -0.330 e. The van der Waals surface area contributed by atoms with Crippen LogP contribution in [0.15, 0.2) is 33.4 Å². The highest BCUT2D eigenvalue weighted by molar-refractivity contribution is 9.11. The second-order valence-corrected chi connectivity index (χ2v) is 7.72. The lowest BCUT2D eigenvalue weighted by Crippen LogP contribution is -2.29. The van der Waals surface area contributed by atoms with Crippen LogP contribution in [0, 0.1) is 0 Å². The van der Waals surface area contributed by atoms with Crippen molar-refractivity contribution >= 4 is 44.5 Å². The molecule has 5 heteroatoms. The maximum Gasteiger partial charge on any atom is 0.264 e. The minimum atomic E-state index is 0.168. The van der Waals surface area contributed by atoms with Crippen LogP contribution in [-0.2, 0) is 0 Å². The lowest BCUT2D eigenvalue weighted by molar-refractivity contribution is 0.0743. The number of rotatable bonds is 2. The highest BCUT2D eigenvalue weighted by atomic mass is 79.9. The standard InChI is InChI=1S/C13H12BrNOS2/c14-12-6-5-11(18-12)13(16)15-7-1-3-9(15)10-4-2-8-17-10/h2,4-6,8-9H,1,3,7H2. The van der Waals surface area contributed by atoms with Gasteiger partial charge < -0.3 is 4.90 Å². The van der Waals surface area contributed by atoms with E-state index in [1.165, 1.54) is 16.2 Å². The molecular weight excluding hydrogens is 330 g/mol. The van der Waals surface area contributed by atoms with Gasteiger partial charge in [0.25, 0.3) is 5.91 Å². The molecule has 2 aromatic heterocycles. The summed E-state index contributed by atoms with van der Waals surface area (Å²) in [5, 5.41) is 2.08. The molecule has 1 atom stereocenters. The summed E-state index contributed by atoms with van der Waals surface area (Å²) in [6.07, 6.45) is 2.18. The summed E-state index contributed by atoms with van der Waals surface area (Å²) in [5.41, 5.74) is 0. The first kappa shape index (κ1) is 12.4. The van der Waals surface area contributed by atoms with Crippen LogP contribution < -0.4 is 0 Å². The van der Waals surface area contributed by atoms with Crippen molar-refractivity contribution in [3.05, 3.63) is 43.2 Å². The molecule has 2 aromatic rings. The first-order valence-corrected chi connectivity index (χ1v) is 8.34. The van der Waals surface area contributed by atoms with Crippen molar-refractivity contribution in [1.82, 2.24) is 4.90 Å². The van der Waals surface area contributed by atoms with E-state index in [4.69, 9.17) is 0 Å². The van der Waals surface area contributed by atoms with E-state index in [1.54, 1.807) is 11.3 Å². The maximum absolute atomic E-state index is 12.5. The number of nitrogens with zero attached hydrogens (tertiary/aromatic N) is 1. The predicted molar refractivity (Wildman–Crippen MR) is 79.3 cm³/mol. The Bertz CT molecular complexity index is 549. The Morgan fingerprint density at radius 2 is 2.28 bits per heavy atom. The molecule has 0 aliphatic carbocycles. The van der Waals surface area contributed by atoms with Crippen molar-refractivity contribution in [2.75, 3.05) is 6.54 Å². The molecule has 0 spiro atoms. The molecule has 18 heavy (non-hydrogen) atoms. The van der Waals surface area contributed by atoms with Crippen LogP contribution in [0.1, 0.15) is 33.4 Å². The van der Waals surface area contributed by atoms with E-state index in [0.717, 1.165) is 28.0 Å². The second-order valence-electron chi connectivity index (χ2n) is 4.28. The molecule has 1 saturated heterocycles. The highest BCUT2D eigenvalue weighted by Gasteiger charge is 2.31. The summed E-state index contributed by atoms with van der Waals surface area (Å²) in [6.45, 7) is 0.872. The average Bonchev–Trinajstić information content (AvgIpc) is 3.08. The van der Waals surface area contributed by atoms with Gasteiger partial charge in [0.15, 0.2) is 0 Å². The maximum atomic E-state index is 12.5. The van der Waals surface area contributed by atoms with E-state index in [2.05, 4.69) is 33.4 Å². The van der Waals surface area contributed by atoms with Gasteiger partial charge in [0.2, 0.25) is 0 Å². The zero-order valence-electron chi connectivity index (χ0n) is 9.64. The average molecular weight is 342 g/mol. The van der Waals surface area contributed by atoms with Gasteiger partial charge in [-0.1, -0.05) is 6.07 Å². The number of halogens is 1. The third-order valence-electron chi connectivity index (χ3n) is 3.17. The third kappa shape index (κ3) is 2.27. The van der Waals surface area contributed by atoms with Gasteiger partial charge in [-0.05, 0) is 52.4 Å². The predicted octanol–water partition coefficient (Wildman–Crippen LogP) is 4.55. The van der Waals surface area contributed by atoms with E-state index in [-0.39, 0.29) is 11.9 Å². The monoisotopic (exact) mass is 341 g/mol. The topological polar surface area (TPSA) is 20.3 Å². The summed E-state index contributed by atoms with van der Waals surface area (Å²) in [6, 6.07) is 8.31. The summed E-state index contributed by atoms with van der Waals surface area (Å²) < 4.78 is 1.01. The van der Waals surface area contributed by atoms with Gasteiger partial charge in [-0.3, -0.25) is 4.79 Å². The molecule has 2 nitrogen and oxygen atoms in total. The van der Waals surface area contributed by atoms with E-state index in [0.29, 0.717) is 0 Å². The second kappa shape index (κ2) is 5.15. The molecular formula is C13H12BrNOS2. The third-order valence-corrected chi connectivity index (χ3v) is 5.75. The van der Waals surface area contributed by atoms with Gasteiger partial charge in [0.1, 0.15) is 0 Å². The molecule has 0 bridgehead atoms. The molecule has 1 aliphatic heterocycles. The number of hydrogen-bond donors (Lipinski definition) is 0. The fourth-order valence-corrected chi connectivity index (χ4v) is 4.57. The Morgan fingerprint density at radius 1 is 1.39 bits per heavy atom. The van der Waals surface area contributed by atoms with Crippen molar-refractivity contribution in [3.8, 4) is 0 Å². The molecule has 0 aromatic carbocycles. The Balaban J connectivity index is 1.85. The Morgan fingerprint density at radius 3 is 2.94 bits per heavy atom. The fourth-order valence-electron chi connectivity index (χ4n) is 2.36. The van der Waals surface area contributed by atoms with Gasteiger partial charge in [-0.2, -0.15) is 0 Å². The minimum absolute atomic E-state index is 0.168. The number of thiophene rings is 2. The van der Waals surface area contributed by atoms with Crippen molar-refractivity contribution < 1.29 is 4.79 Å². The van der Waals surface area contributed by atoms with E-state index in [1.807, 2.05) is 17.0 Å². The van der Waals surface area contributed by atoms with Crippen LogP contribution in [0.3, 0.4) is 0 Å². The summed E-state index contributed by atoms with van der Waals surface area (Å²) in [5.74, 6) is 0.168. The van der Waals surface area contributed by atoms with E-state index >= 15 is 0 Å². The van der Waals surface area contributed by atoms with Crippen molar-refractivity contribution in [2.45, 2.75) is 18.9 Å². The molecule has 3 rings (SSSR count). The Kier molecular flexibility index (Phi) is 3.54. The molecule has 0 saturated carbocycles. The molecule has 1 unspecified atom stereocenters. The Hall–Kier alpha value is -0.650. The largest absolute Gasteiger partial charge is 0.330 e. The molecule has 3 heterocycles. The number of hydrogen-bond acceptors (Lipinski definition) is 3. The summed E-state index contributed by atoms with van der Waals surface area (Å²) in [4.78, 5) is 16.6. The SMILES string of the molecule is O=C(c1ccc(Br)s1)N1CCCC1c1cccs1. The van der Waals surface area contributed by atoms with E-state index < -0.39 is 0 Å². The van der Waals surface area contributed by atoms with Crippen LogP contribution in [0.4, 0.5) is 0 Å². The van der Waals surface area contributed by atoms with Crippen LogP contribution in [0.25, 0.3) is 0 Å². The molecule has 1 aliphatic rings. The van der Waals surface area contributed by atoms with Crippen LogP contribution >= 0.6 is 38.6 Å². The molecule has 0 N–H and O–H groups in total. The molecule has 1 fully saturated rings. The summed E-state index contributed by atoms with van der Waals surface area (Å²) in [7, 11) is 0. The quantitative estimate of drug-likeness (QED) is 0.784.